The SMILES string of the molecule is COC(=O)c1cn(C2CC2)c2c(OC)c(N3CCN(C)N(C)CC3)c(F)cc2c1=O. The molecule has 0 N–H and O–H groups in total. The minimum absolute atomic E-state index is 0.0934. The van der Waals surface area contributed by atoms with Crippen LogP contribution in [0.25, 0.3) is 10.9 Å². The maximum Gasteiger partial charge on any atom is 0.343 e. The number of anilines is 1. The van der Waals surface area contributed by atoms with E-state index in [0.29, 0.717) is 30.0 Å². The average Bonchev–Trinajstić information content (AvgIpc) is 3.58. The summed E-state index contributed by atoms with van der Waals surface area (Å²) in [5.41, 5.74) is 0.241. The van der Waals surface area contributed by atoms with E-state index < -0.39 is 17.2 Å². The monoisotopic (exact) mass is 418 g/mol. The van der Waals surface area contributed by atoms with Crippen LogP contribution in [0.15, 0.2) is 17.1 Å². The van der Waals surface area contributed by atoms with Crippen LogP contribution in [0.3, 0.4) is 0 Å². The third kappa shape index (κ3) is 3.41. The van der Waals surface area contributed by atoms with Gasteiger partial charge in [0.25, 0.3) is 0 Å². The number of fused-ring (bicyclic) bond motifs is 1. The van der Waals surface area contributed by atoms with Crippen molar-refractivity contribution in [3.8, 4) is 5.75 Å². The number of methoxy groups -OCH3 is 2. The van der Waals surface area contributed by atoms with Crippen LogP contribution in [0.5, 0.6) is 5.75 Å². The first-order valence-electron chi connectivity index (χ1n) is 10.1. The van der Waals surface area contributed by atoms with Gasteiger partial charge in [0.15, 0.2) is 11.6 Å². The second-order valence-corrected chi connectivity index (χ2v) is 7.89. The van der Waals surface area contributed by atoms with Gasteiger partial charge in [-0.1, -0.05) is 0 Å². The molecule has 0 bridgehead atoms. The second-order valence-electron chi connectivity index (χ2n) is 7.89. The number of hydrogen-bond donors (Lipinski definition) is 0. The summed E-state index contributed by atoms with van der Waals surface area (Å²) in [5, 5.41) is 4.31. The minimum atomic E-state index is -0.724. The molecule has 0 atom stereocenters. The van der Waals surface area contributed by atoms with Gasteiger partial charge >= 0.3 is 5.97 Å². The predicted molar refractivity (Wildman–Crippen MR) is 112 cm³/mol. The normalized spacial score (nSPS) is 18.5. The van der Waals surface area contributed by atoms with Crippen LogP contribution in [0.1, 0.15) is 29.2 Å². The summed E-state index contributed by atoms with van der Waals surface area (Å²) in [4.78, 5) is 27.1. The molecule has 0 amide bonds. The standard InChI is InChI=1S/C21H27FN4O4/c1-23-7-9-25(10-8-24(23)2)18-16(22)11-14-17(20(18)29-3)26(13-5-6-13)12-15(19(14)27)21(28)30-4/h11-13H,5-10H2,1-4H3. The molecule has 0 radical (unpaired) electrons. The van der Waals surface area contributed by atoms with Crippen molar-refractivity contribution in [2.75, 3.05) is 59.4 Å². The maximum absolute atomic E-state index is 15.4. The van der Waals surface area contributed by atoms with E-state index in [1.807, 2.05) is 23.6 Å². The van der Waals surface area contributed by atoms with E-state index in [4.69, 9.17) is 9.47 Å². The first-order valence-corrected chi connectivity index (χ1v) is 10.1. The molecule has 1 aromatic heterocycles. The molecule has 162 valence electrons. The lowest BCUT2D eigenvalue weighted by Crippen LogP contribution is -2.37. The molecule has 4 rings (SSSR count). The number of hydrogen-bond acceptors (Lipinski definition) is 7. The van der Waals surface area contributed by atoms with Crippen LogP contribution in [0, 0.1) is 5.82 Å². The Morgan fingerprint density at radius 2 is 1.73 bits per heavy atom. The highest BCUT2D eigenvalue weighted by atomic mass is 19.1. The molecular formula is C21H27FN4O4. The van der Waals surface area contributed by atoms with Gasteiger partial charge in [-0.2, -0.15) is 0 Å². The summed E-state index contributed by atoms with van der Waals surface area (Å²) in [6.45, 7) is 2.70. The van der Waals surface area contributed by atoms with Crippen LogP contribution in [-0.4, -0.2) is 75.0 Å². The van der Waals surface area contributed by atoms with Crippen molar-refractivity contribution in [3.63, 3.8) is 0 Å². The Hall–Kier alpha value is -2.65. The molecule has 9 heteroatoms. The Morgan fingerprint density at radius 1 is 1.10 bits per heavy atom. The van der Waals surface area contributed by atoms with Gasteiger partial charge in [0, 0.05) is 52.5 Å². The molecule has 2 aromatic rings. The molecule has 1 saturated carbocycles. The fourth-order valence-electron chi connectivity index (χ4n) is 4.03. The average molecular weight is 418 g/mol. The van der Waals surface area contributed by atoms with Crippen molar-refractivity contribution in [1.82, 2.24) is 14.6 Å². The molecule has 2 aliphatic rings. The molecule has 8 nitrogen and oxygen atoms in total. The number of ether oxygens (including phenoxy) is 2. The fraction of sp³-hybridized carbons (Fsp3) is 0.524. The van der Waals surface area contributed by atoms with Crippen LogP contribution in [0.2, 0.25) is 0 Å². The Labute approximate surface area is 174 Å². The summed E-state index contributed by atoms with van der Waals surface area (Å²) in [6, 6.07) is 1.38. The van der Waals surface area contributed by atoms with Crippen LogP contribution in [0.4, 0.5) is 10.1 Å². The van der Waals surface area contributed by atoms with Crippen molar-refractivity contribution in [2.24, 2.45) is 0 Å². The lowest BCUT2D eigenvalue weighted by Gasteiger charge is -2.27. The van der Waals surface area contributed by atoms with Crippen LogP contribution < -0.4 is 15.1 Å². The minimum Gasteiger partial charge on any atom is -0.492 e. The van der Waals surface area contributed by atoms with Gasteiger partial charge in [0.1, 0.15) is 11.3 Å². The number of esters is 1. The zero-order valence-electron chi connectivity index (χ0n) is 17.8. The van der Waals surface area contributed by atoms with E-state index in [2.05, 4.69) is 10.0 Å². The largest absolute Gasteiger partial charge is 0.492 e. The molecule has 1 aliphatic heterocycles. The highest BCUT2D eigenvalue weighted by Crippen LogP contribution is 2.43. The predicted octanol–water partition coefficient (Wildman–Crippen LogP) is 1.87. The van der Waals surface area contributed by atoms with E-state index in [0.717, 1.165) is 25.9 Å². The van der Waals surface area contributed by atoms with E-state index in [-0.39, 0.29) is 17.0 Å². The number of halogens is 1. The number of hydrazine groups is 1. The smallest absolute Gasteiger partial charge is 0.343 e. The zero-order chi connectivity index (χ0) is 21.6. The van der Waals surface area contributed by atoms with Gasteiger partial charge in [0.2, 0.25) is 5.43 Å². The van der Waals surface area contributed by atoms with E-state index in [9.17, 15) is 9.59 Å². The van der Waals surface area contributed by atoms with E-state index >= 15 is 4.39 Å². The second kappa shape index (κ2) is 7.88. The van der Waals surface area contributed by atoms with Gasteiger partial charge in [-0.15, -0.1) is 0 Å². The summed E-state index contributed by atoms with van der Waals surface area (Å²) < 4.78 is 27.8. The van der Waals surface area contributed by atoms with Crippen molar-refractivity contribution in [1.29, 1.82) is 0 Å². The topological polar surface area (TPSA) is 67.2 Å². The number of likely N-dealkylation sites (N-methyl/N-ethyl adjacent to an activating group) is 2. The molecule has 30 heavy (non-hydrogen) atoms. The van der Waals surface area contributed by atoms with Crippen molar-refractivity contribution >= 4 is 22.6 Å². The molecule has 1 aromatic carbocycles. The molecule has 2 heterocycles. The number of carbonyl (C=O) groups excluding carboxylic acids is 1. The fourth-order valence-corrected chi connectivity index (χ4v) is 4.03. The first-order chi connectivity index (χ1) is 14.4. The van der Waals surface area contributed by atoms with Crippen LogP contribution in [-0.2, 0) is 4.74 Å². The van der Waals surface area contributed by atoms with Gasteiger partial charge in [-0.3, -0.25) is 4.79 Å². The van der Waals surface area contributed by atoms with Gasteiger partial charge in [-0.25, -0.2) is 19.2 Å². The Bertz CT molecular complexity index is 1040. The molecular weight excluding hydrogens is 391 g/mol. The Kier molecular flexibility index (Phi) is 5.42. The molecule has 2 fully saturated rings. The van der Waals surface area contributed by atoms with E-state index in [1.165, 1.54) is 26.5 Å². The number of aromatic nitrogens is 1. The summed E-state index contributed by atoms with van der Waals surface area (Å²) in [6.07, 6.45) is 3.38. The maximum atomic E-state index is 15.4. The molecule has 1 aliphatic carbocycles. The van der Waals surface area contributed by atoms with Crippen molar-refractivity contribution < 1.29 is 18.7 Å². The highest BCUT2D eigenvalue weighted by molar-refractivity contribution is 5.97. The van der Waals surface area contributed by atoms with Gasteiger partial charge < -0.3 is 18.9 Å². The Morgan fingerprint density at radius 3 is 2.27 bits per heavy atom. The van der Waals surface area contributed by atoms with Gasteiger partial charge in [0.05, 0.1) is 25.1 Å². The molecule has 0 unspecified atom stereocenters. The number of carbonyl (C=O) groups is 1. The van der Waals surface area contributed by atoms with E-state index in [1.54, 1.807) is 0 Å². The number of pyridine rings is 1. The molecule has 0 spiro atoms. The Balaban J connectivity index is 1.96. The van der Waals surface area contributed by atoms with Gasteiger partial charge in [-0.05, 0) is 18.9 Å². The van der Waals surface area contributed by atoms with Crippen molar-refractivity contribution in [3.05, 3.63) is 33.9 Å². The zero-order valence-corrected chi connectivity index (χ0v) is 17.8. The summed E-state index contributed by atoms with van der Waals surface area (Å²) in [7, 11) is 6.71. The number of rotatable bonds is 4. The summed E-state index contributed by atoms with van der Waals surface area (Å²) >= 11 is 0. The third-order valence-corrected chi connectivity index (χ3v) is 6.03. The molecule has 1 saturated heterocycles. The quantitative estimate of drug-likeness (QED) is 0.703. The number of nitrogens with zero attached hydrogens (tertiary/aromatic N) is 4. The van der Waals surface area contributed by atoms with Crippen molar-refractivity contribution in [2.45, 2.75) is 18.9 Å². The highest BCUT2D eigenvalue weighted by Gasteiger charge is 2.32. The lowest BCUT2D eigenvalue weighted by molar-refractivity contribution is 0.0439. The summed E-state index contributed by atoms with van der Waals surface area (Å²) in [5.74, 6) is -0.927. The third-order valence-electron chi connectivity index (χ3n) is 6.03. The lowest BCUT2D eigenvalue weighted by atomic mass is 10.1. The first kappa shape index (κ1) is 20.6. The number of benzene rings is 1. The van der Waals surface area contributed by atoms with Crippen LogP contribution >= 0.6 is 0 Å².